The van der Waals surface area contributed by atoms with Crippen LogP contribution in [-0.2, 0) is 6.54 Å². The molecule has 0 bridgehead atoms. The lowest BCUT2D eigenvalue weighted by atomic mass is 10.1. The average molecular weight is 479 g/mol. The molecule has 2 N–H and O–H groups in total. The Morgan fingerprint density at radius 3 is 2.71 bits per heavy atom. The molecule has 7 heterocycles. The molecule has 8 nitrogen and oxygen atoms in total. The highest BCUT2D eigenvalue weighted by Crippen LogP contribution is 2.32. The largest absolute Gasteiger partial charge is 0.335 e. The third kappa shape index (κ3) is 3.69. The number of H-pyrrole nitrogens is 2. The lowest BCUT2D eigenvalue weighted by molar-refractivity contribution is 0.331. The van der Waals surface area contributed by atoms with Crippen molar-refractivity contribution in [3.63, 3.8) is 0 Å². The van der Waals surface area contributed by atoms with Gasteiger partial charge in [0.15, 0.2) is 11.5 Å². The lowest BCUT2D eigenvalue weighted by Crippen LogP contribution is -2.18. The summed E-state index contributed by atoms with van der Waals surface area (Å²) < 4.78 is 0. The Kier molecular flexibility index (Phi) is 4.88. The number of pyridine rings is 3. The first-order valence-corrected chi connectivity index (χ1v) is 12.6. The van der Waals surface area contributed by atoms with E-state index in [1.165, 1.54) is 18.4 Å². The molecule has 6 aromatic heterocycles. The van der Waals surface area contributed by atoms with Crippen LogP contribution in [0.5, 0.6) is 0 Å². The van der Waals surface area contributed by atoms with Crippen molar-refractivity contribution in [3.8, 4) is 33.8 Å². The van der Waals surface area contributed by atoms with Gasteiger partial charge in [-0.05, 0) is 66.0 Å². The predicted molar refractivity (Wildman–Crippen MR) is 138 cm³/mol. The van der Waals surface area contributed by atoms with Crippen LogP contribution >= 0.6 is 11.3 Å². The number of likely N-dealkylation sites (tertiary alicyclic amines) is 1. The molecule has 0 unspecified atom stereocenters. The number of fused-ring (bicyclic) bond motifs is 2. The van der Waals surface area contributed by atoms with Crippen LogP contribution < -0.4 is 0 Å². The van der Waals surface area contributed by atoms with Gasteiger partial charge in [0.25, 0.3) is 0 Å². The van der Waals surface area contributed by atoms with Gasteiger partial charge in [-0.15, -0.1) is 0 Å². The zero-order valence-electron chi connectivity index (χ0n) is 18.9. The number of rotatable bonds is 5. The van der Waals surface area contributed by atoms with E-state index in [9.17, 15) is 0 Å². The lowest BCUT2D eigenvalue weighted by Gasteiger charge is -2.14. The molecule has 172 valence electrons. The van der Waals surface area contributed by atoms with Crippen molar-refractivity contribution in [2.75, 3.05) is 13.1 Å². The topological polar surface area (TPSA) is 99.3 Å². The number of hydrogen-bond donors (Lipinski definition) is 2. The van der Waals surface area contributed by atoms with Gasteiger partial charge in [0, 0.05) is 48.0 Å². The van der Waals surface area contributed by atoms with Gasteiger partial charge in [0.2, 0.25) is 0 Å². The van der Waals surface area contributed by atoms with Gasteiger partial charge in [-0.3, -0.25) is 20.0 Å². The molecule has 0 amide bonds. The fourth-order valence-corrected chi connectivity index (χ4v) is 5.50. The van der Waals surface area contributed by atoms with Crippen molar-refractivity contribution in [3.05, 3.63) is 65.5 Å². The number of nitrogens with zero attached hydrogens (tertiary/aromatic N) is 6. The molecule has 0 aromatic carbocycles. The monoisotopic (exact) mass is 478 g/mol. The molecule has 35 heavy (non-hydrogen) atoms. The van der Waals surface area contributed by atoms with E-state index in [1.807, 2.05) is 24.8 Å². The van der Waals surface area contributed by atoms with Crippen molar-refractivity contribution >= 4 is 33.4 Å². The molecule has 0 saturated carbocycles. The molecular formula is C26H22N8S. The number of nitrogens with one attached hydrogen (secondary N) is 2. The summed E-state index contributed by atoms with van der Waals surface area (Å²) in [5.74, 6) is 0.690. The third-order valence-electron chi connectivity index (χ3n) is 6.60. The van der Waals surface area contributed by atoms with Crippen molar-refractivity contribution in [2.24, 2.45) is 0 Å². The van der Waals surface area contributed by atoms with Crippen molar-refractivity contribution in [2.45, 2.75) is 19.4 Å². The van der Waals surface area contributed by atoms with Gasteiger partial charge < -0.3 is 4.98 Å². The maximum absolute atomic E-state index is 4.92. The van der Waals surface area contributed by atoms with E-state index in [-0.39, 0.29) is 0 Å². The zero-order chi connectivity index (χ0) is 23.2. The Hall–Kier alpha value is -3.95. The van der Waals surface area contributed by atoms with Gasteiger partial charge in [-0.25, -0.2) is 9.97 Å². The molecule has 0 atom stereocenters. The van der Waals surface area contributed by atoms with E-state index in [4.69, 9.17) is 4.98 Å². The first-order valence-electron chi connectivity index (χ1n) is 11.7. The minimum absolute atomic E-state index is 0.690. The van der Waals surface area contributed by atoms with Crippen LogP contribution in [0.2, 0.25) is 0 Å². The van der Waals surface area contributed by atoms with Crippen LogP contribution in [0.4, 0.5) is 0 Å². The van der Waals surface area contributed by atoms with Gasteiger partial charge >= 0.3 is 0 Å². The Morgan fingerprint density at radius 1 is 0.943 bits per heavy atom. The molecular weight excluding hydrogens is 456 g/mol. The summed E-state index contributed by atoms with van der Waals surface area (Å²) in [6, 6.07) is 6.42. The third-order valence-corrected chi connectivity index (χ3v) is 7.28. The Morgan fingerprint density at radius 2 is 1.83 bits per heavy atom. The second kappa shape index (κ2) is 8.37. The first kappa shape index (κ1) is 20.4. The van der Waals surface area contributed by atoms with E-state index in [0.29, 0.717) is 5.82 Å². The first-order chi connectivity index (χ1) is 17.3. The van der Waals surface area contributed by atoms with Crippen LogP contribution in [-0.4, -0.2) is 53.1 Å². The van der Waals surface area contributed by atoms with Crippen LogP contribution in [0.25, 0.3) is 55.8 Å². The van der Waals surface area contributed by atoms with E-state index >= 15 is 0 Å². The minimum Gasteiger partial charge on any atom is -0.335 e. The summed E-state index contributed by atoms with van der Waals surface area (Å²) in [7, 11) is 0. The Balaban J connectivity index is 1.28. The number of aromatic amines is 2. The molecule has 1 aliphatic heterocycles. The molecule has 1 aliphatic rings. The standard InChI is InChI=1S/C26H22N8S/c1-2-5-34(4-1)14-16-7-18(10-27-9-16)19-8-20-24(32-33-25(20)29-11-19)26-30-22-13-28-12-21(23(22)31-26)17-3-6-35-15-17/h3,6-13,15H,1-2,4-5,14H2,(H,30,31)(H,29,32,33). The molecule has 0 radical (unpaired) electrons. The minimum atomic E-state index is 0.690. The maximum Gasteiger partial charge on any atom is 0.159 e. The van der Waals surface area contributed by atoms with E-state index in [1.54, 1.807) is 17.5 Å². The smallest absolute Gasteiger partial charge is 0.159 e. The van der Waals surface area contributed by atoms with Gasteiger partial charge in [0.05, 0.1) is 17.1 Å². The summed E-state index contributed by atoms with van der Waals surface area (Å²) in [6.07, 6.45) is 12.0. The van der Waals surface area contributed by atoms with Gasteiger partial charge in [0.1, 0.15) is 11.2 Å². The van der Waals surface area contributed by atoms with E-state index in [2.05, 4.69) is 64.0 Å². The Bertz CT molecular complexity index is 1640. The summed E-state index contributed by atoms with van der Waals surface area (Å²) in [5.41, 5.74) is 8.63. The van der Waals surface area contributed by atoms with Gasteiger partial charge in [-0.2, -0.15) is 16.4 Å². The highest BCUT2D eigenvalue weighted by atomic mass is 32.1. The summed E-state index contributed by atoms with van der Waals surface area (Å²) in [5, 5.41) is 12.7. The van der Waals surface area contributed by atoms with Crippen molar-refractivity contribution in [1.82, 2.24) is 40.0 Å². The molecule has 6 aromatic rings. The second-order valence-electron chi connectivity index (χ2n) is 8.94. The van der Waals surface area contributed by atoms with Crippen LogP contribution in [0, 0.1) is 0 Å². The molecule has 1 fully saturated rings. The SMILES string of the molecule is c1cc(-c2cncc3[nH]c(-c4n[nH]c5ncc(-c6cncc(CN7CCCC7)c6)cc45)nc23)cs1. The fourth-order valence-electron chi connectivity index (χ4n) is 4.85. The highest BCUT2D eigenvalue weighted by molar-refractivity contribution is 7.08. The second-order valence-corrected chi connectivity index (χ2v) is 9.72. The highest BCUT2D eigenvalue weighted by Gasteiger charge is 2.17. The zero-order valence-corrected chi connectivity index (χ0v) is 19.7. The maximum atomic E-state index is 4.92. The molecule has 7 rings (SSSR count). The molecule has 9 heteroatoms. The van der Waals surface area contributed by atoms with Crippen LogP contribution in [0.3, 0.4) is 0 Å². The van der Waals surface area contributed by atoms with E-state index < -0.39 is 0 Å². The summed E-state index contributed by atoms with van der Waals surface area (Å²) in [4.78, 5) is 24.4. The predicted octanol–water partition coefficient (Wildman–Crippen LogP) is 5.28. The fraction of sp³-hybridized carbons (Fsp3) is 0.192. The quantitative estimate of drug-likeness (QED) is 0.350. The number of aromatic nitrogens is 7. The Labute approximate surface area is 205 Å². The normalized spacial score (nSPS) is 14.4. The number of hydrogen-bond acceptors (Lipinski definition) is 7. The number of thiophene rings is 1. The molecule has 0 aliphatic carbocycles. The summed E-state index contributed by atoms with van der Waals surface area (Å²) >= 11 is 1.66. The van der Waals surface area contributed by atoms with Crippen molar-refractivity contribution < 1.29 is 0 Å². The van der Waals surface area contributed by atoms with E-state index in [0.717, 1.165) is 69.6 Å². The average Bonchev–Trinajstić information content (AvgIpc) is 3.70. The molecule has 1 saturated heterocycles. The van der Waals surface area contributed by atoms with Crippen molar-refractivity contribution in [1.29, 1.82) is 0 Å². The van der Waals surface area contributed by atoms with Gasteiger partial charge in [-0.1, -0.05) is 0 Å². The molecule has 0 spiro atoms. The number of imidazole rings is 1. The summed E-state index contributed by atoms with van der Waals surface area (Å²) in [6.45, 7) is 3.27. The van der Waals surface area contributed by atoms with Crippen LogP contribution in [0.1, 0.15) is 18.4 Å². The van der Waals surface area contributed by atoms with Crippen LogP contribution in [0.15, 0.2) is 59.9 Å².